The van der Waals surface area contributed by atoms with Gasteiger partial charge in [0.2, 0.25) is 0 Å². The minimum Gasteiger partial charge on any atom is -0.379 e. The Hall–Kier alpha value is -0.930. The summed E-state index contributed by atoms with van der Waals surface area (Å²) >= 11 is 0. The number of hydrogen-bond donors (Lipinski definition) is 0. The molecule has 0 aliphatic heterocycles. The van der Waals surface area contributed by atoms with E-state index in [0.29, 0.717) is 12.2 Å². The maximum atomic E-state index is 12.7. The molecule has 13 heavy (non-hydrogen) atoms. The van der Waals surface area contributed by atoms with Crippen molar-refractivity contribution in [3.63, 3.8) is 0 Å². The quantitative estimate of drug-likeness (QED) is 0.704. The van der Waals surface area contributed by atoms with Gasteiger partial charge in [0.05, 0.1) is 6.61 Å². The van der Waals surface area contributed by atoms with Crippen molar-refractivity contribution in [1.29, 1.82) is 0 Å². The zero-order valence-corrected chi connectivity index (χ0v) is 7.50. The number of benzene rings is 1. The molecule has 0 aromatic heterocycles. The summed E-state index contributed by atoms with van der Waals surface area (Å²) in [5, 5.41) is 11.3. The average Bonchev–Trinajstić information content (AvgIpc) is 2.14. The average molecular weight is 183 g/mol. The molecule has 1 unspecified atom stereocenters. The summed E-state index contributed by atoms with van der Waals surface area (Å²) in [5.41, 5.74) is 0.438. The summed E-state index contributed by atoms with van der Waals surface area (Å²) in [4.78, 5) is 0. The topological polar surface area (TPSA) is 29.1 Å². The van der Waals surface area contributed by atoms with Gasteiger partial charge in [-0.3, -0.25) is 0 Å². The lowest BCUT2D eigenvalue weighted by Crippen LogP contribution is -2.05. The highest BCUT2D eigenvalue weighted by molar-refractivity contribution is 5.18. The monoisotopic (exact) mass is 183 g/mol. The summed E-state index contributed by atoms with van der Waals surface area (Å²) in [7, 11) is 0. The van der Waals surface area contributed by atoms with E-state index in [9.17, 15) is 9.50 Å². The molecule has 0 aliphatic rings. The van der Waals surface area contributed by atoms with Gasteiger partial charge in [-0.2, -0.15) is 0 Å². The van der Waals surface area contributed by atoms with Crippen LogP contribution in [0.4, 0.5) is 4.39 Å². The molecule has 0 N–H and O–H groups in total. The van der Waals surface area contributed by atoms with Crippen LogP contribution >= 0.6 is 0 Å². The Labute approximate surface area is 77.0 Å². The minimum absolute atomic E-state index is 0.0972. The lowest BCUT2D eigenvalue weighted by Gasteiger charge is -2.07. The zero-order valence-electron chi connectivity index (χ0n) is 7.50. The molecule has 3 heteroatoms. The number of rotatable bonds is 4. The van der Waals surface area contributed by atoms with Crippen molar-refractivity contribution in [3.05, 3.63) is 35.6 Å². The van der Waals surface area contributed by atoms with E-state index >= 15 is 0 Å². The van der Waals surface area contributed by atoms with Crippen LogP contribution in [0, 0.1) is 5.82 Å². The Bertz CT molecular complexity index is 263. The van der Waals surface area contributed by atoms with Crippen molar-refractivity contribution in [2.24, 2.45) is 0 Å². The van der Waals surface area contributed by atoms with E-state index in [4.69, 9.17) is 4.74 Å². The highest BCUT2D eigenvalue weighted by Gasteiger charge is 2.09. The lowest BCUT2D eigenvalue weighted by atomic mass is 10.1. The first kappa shape index (κ1) is 10.2. The molecule has 0 spiro atoms. The Balaban J connectivity index is 2.60. The van der Waals surface area contributed by atoms with Crippen LogP contribution in [-0.4, -0.2) is 13.2 Å². The van der Waals surface area contributed by atoms with Gasteiger partial charge in [-0.15, -0.1) is 0 Å². The van der Waals surface area contributed by atoms with Gasteiger partial charge >= 0.3 is 0 Å². The molecule has 1 aromatic rings. The fourth-order valence-corrected chi connectivity index (χ4v) is 1.03. The molecule has 0 heterocycles. The fourth-order valence-electron chi connectivity index (χ4n) is 1.03. The SMILES string of the molecule is CCOCC([O])c1cccc(F)c1. The predicted molar refractivity (Wildman–Crippen MR) is 46.3 cm³/mol. The first-order valence-electron chi connectivity index (χ1n) is 4.23. The van der Waals surface area contributed by atoms with Gasteiger partial charge in [0.15, 0.2) is 0 Å². The number of hydrogen-bond acceptors (Lipinski definition) is 1. The summed E-state index contributed by atoms with van der Waals surface area (Å²) in [6.07, 6.45) is -0.990. The minimum atomic E-state index is -0.990. The van der Waals surface area contributed by atoms with Gasteiger partial charge in [0, 0.05) is 6.61 Å². The van der Waals surface area contributed by atoms with Crippen LogP contribution in [0.2, 0.25) is 0 Å². The Morgan fingerprint density at radius 3 is 2.92 bits per heavy atom. The maximum Gasteiger partial charge on any atom is 0.141 e. The highest BCUT2D eigenvalue weighted by Crippen LogP contribution is 2.14. The number of halogens is 1. The van der Waals surface area contributed by atoms with E-state index in [1.807, 2.05) is 6.92 Å². The molecule has 71 valence electrons. The van der Waals surface area contributed by atoms with E-state index in [-0.39, 0.29) is 12.4 Å². The summed E-state index contributed by atoms with van der Waals surface area (Å²) in [6, 6.07) is 5.70. The fraction of sp³-hybridized carbons (Fsp3) is 0.400. The third-order valence-electron chi connectivity index (χ3n) is 1.69. The molecule has 1 radical (unpaired) electrons. The van der Waals surface area contributed by atoms with E-state index in [2.05, 4.69) is 0 Å². The smallest absolute Gasteiger partial charge is 0.141 e. The van der Waals surface area contributed by atoms with Crippen molar-refractivity contribution in [3.8, 4) is 0 Å². The van der Waals surface area contributed by atoms with E-state index in [1.54, 1.807) is 6.07 Å². The highest BCUT2D eigenvalue weighted by atomic mass is 19.1. The van der Waals surface area contributed by atoms with Crippen LogP contribution in [0.25, 0.3) is 0 Å². The molecule has 1 atom stereocenters. The van der Waals surface area contributed by atoms with Crippen LogP contribution < -0.4 is 0 Å². The molecule has 0 amide bonds. The third kappa shape index (κ3) is 3.13. The predicted octanol–water partition coefficient (Wildman–Crippen LogP) is 2.33. The van der Waals surface area contributed by atoms with Crippen LogP contribution in [0.15, 0.2) is 24.3 Å². The van der Waals surface area contributed by atoms with E-state index in [0.717, 1.165) is 0 Å². The molecule has 0 saturated carbocycles. The van der Waals surface area contributed by atoms with Gasteiger partial charge in [-0.25, -0.2) is 9.50 Å². The standard InChI is InChI=1S/C10H12FO2/c1-2-13-7-10(12)8-4-3-5-9(11)6-8/h3-6,10H,2,7H2,1H3. The normalized spacial score (nSPS) is 12.8. The van der Waals surface area contributed by atoms with Crippen LogP contribution in [-0.2, 0) is 9.84 Å². The van der Waals surface area contributed by atoms with Crippen molar-refractivity contribution in [2.75, 3.05) is 13.2 Å². The molecule has 1 aromatic carbocycles. The molecule has 0 saturated heterocycles. The Kier molecular flexibility index (Phi) is 3.86. The van der Waals surface area contributed by atoms with Crippen molar-refractivity contribution in [1.82, 2.24) is 0 Å². The second-order valence-electron chi connectivity index (χ2n) is 2.70. The molecule has 2 nitrogen and oxygen atoms in total. The first-order chi connectivity index (χ1) is 6.24. The maximum absolute atomic E-state index is 12.7. The molecule has 0 aliphatic carbocycles. The van der Waals surface area contributed by atoms with Crippen LogP contribution in [0.3, 0.4) is 0 Å². The Morgan fingerprint density at radius 1 is 1.54 bits per heavy atom. The van der Waals surface area contributed by atoms with Gasteiger partial charge < -0.3 is 4.74 Å². The second-order valence-corrected chi connectivity index (χ2v) is 2.70. The molecule has 1 rings (SSSR count). The van der Waals surface area contributed by atoms with E-state index in [1.165, 1.54) is 18.2 Å². The van der Waals surface area contributed by atoms with Crippen molar-refractivity contribution >= 4 is 0 Å². The number of ether oxygens (including phenoxy) is 1. The van der Waals surface area contributed by atoms with Gasteiger partial charge in [0.1, 0.15) is 11.9 Å². The van der Waals surface area contributed by atoms with Gasteiger partial charge in [-0.1, -0.05) is 12.1 Å². The first-order valence-corrected chi connectivity index (χ1v) is 4.23. The van der Waals surface area contributed by atoms with Gasteiger partial charge in [-0.05, 0) is 24.6 Å². The van der Waals surface area contributed by atoms with Crippen LogP contribution in [0.5, 0.6) is 0 Å². The molecular weight excluding hydrogens is 171 g/mol. The molecular formula is C10H12FO2. The van der Waals surface area contributed by atoms with Crippen molar-refractivity contribution < 1.29 is 14.2 Å². The zero-order chi connectivity index (χ0) is 9.68. The lowest BCUT2D eigenvalue weighted by molar-refractivity contribution is -0.000760. The van der Waals surface area contributed by atoms with Crippen LogP contribution in [0.1, 0.15) is 18.6 Å². The van der Waals surface area contributed by atoms with Crippen molar-refractivity contribution in [2.45, 2.75) is 13.0 Å². The Morgan fingerprint density at radius 2 is 2.31 bits per heavy atom. The second kappa shape index (κ2) is 4.94. The summed E-state index contributed by atoms with van der Waals surface area (Å²) < 4.78 is 17.6. The summed E-state index contributed by atoms with van der Waals surface area (Å²) in [5.74, 6) is -0.380. The van der Waals surface area contributed by atoms with E-state index < -0.39 is 6.10 Å². The molecule has 0 fully saturated rings. The summed E-state index contributed by atoms with van der Waals surface area (Å²) in [6.45, 7) is 2.42. The largest absolute Gasteiger partial charge is 0.379 e. The van der Waals surface area contributed by atoms with Gasteiger partial charge in [0.25, 0.3) is 0 Å². The third-order valence-corrected chi connectivity index (χ3v) is 1.69. The molecule has 0 bridgehead atoms.